The molecule has 3 aromatic rings. The number of anilines is 1. The molecule has 0 saturated heterocycles. The number of carbonyl (C=O) groups excluding carboxylic acids is 3. The Kier molecular flexibility index (Phi) is 6.28. The van der Waals surface area contributed by atoms with Crippen molar-refractivity contribution >= 4 is 34.7 Å². The molecule has 0 bridgehead atoms. The van der Waals surface area contributed by atoms with Crippen LogP contribution in [0.1, 0.15) is 29.6 Å². The molecule has 8 nitrogen and oxygen atoms in total. The van der Waals surface area contributed by atoms with E-state index in [1.54, 1.807) is 24.3 Å². The summed E-state index contributed by atoms with van der Waals surface area (Å²) < 4.78 is 10.1. The summed E-state index contributed by atoms with van der Waals surface area (Å²) in [6, 6.07) is 10.1. The van der Waals surface area contributed by atoms with Crippen LogP contribution in [0.4, 0.5) is 5.69 Å². The summed E-state index contributed by atoms with van der Waals surface area (Å²) in [5, 5.41) is 8.39. The summed E-state index contributed by atoms with van der Waals surface area (Å²) in [6.45, 7) is 1.04. The van der Waals surface area contributed by atoms with Crippen LogP contribution in [0.25, 0.3) is 10.7 Å². The van der Waals surface area contributed by atoms with Crippen LogP contribution in [0.2, 0.25) is 0 Å². The van der Waals surface area contributed by atoms with Crippen LogP contribution < -0.4 is 5.32 Å². The molecule has 0 aliphatic rings. The maximum atomic E-state index is 12.1. The van der Waals surface area contributed by atoms with Gasteiger partial charge in [0.05, 0.1) is 11.3 Å². The average molecular weight is 399 g/mol. The Morgan fingerprint density at radius 3 is 2.64 bits per heavy atom. The Hall–Kier alpha value is -3.33. The number of benzene rings is 1. The number of hydrogen-bond donors (Lipinski definition) is 1. The number of nitrogens with zero attached hydrogens (tertiary/aromatic N) is 2. The lowest BCUT2D eigenvalue weighted by Gasteiger charge is -2.05. The minimum absolute atomic E-state index is 0.0286. The van der Waals surface area contributed by atoms with E-state index in [-0.39, 0.29) is 31.1 Å². The number of hydrogen-bond acceptors (Lipinski definition) is 8. The number of amides is 1. The molecule has 2 heterocycles. The lowest BCUT2D eigenvalue weighted by atomic mass is 10.1. The first-order valence-corrected chi connectivity index (χ1v) is 9.32. The third-order valence-electron chi connectivity index (χ3n) is 3.64. The molecule has 0 radical (unpaired) electrons. The summed E-state index contributed by atoms with van der Waals surface area (Å²) in [5.41, 5.74) is 0.974. The number of thiophene rings is 1. The van der Waals surface area contributed by atoms with Crippen LogP contribution in [0.15, 0.2) is 46.3 Å². The van der Waals surface area contributed by atoms with Gasteiger partial charge in [0.2, 0.25) is 17.6 Å². The molecule has 0 unspecified atom stereocenters. The highest BCUT2D eigenvalue weighted by Crippen LogP contribution is 2.21. The predicted octanol–water partition coefficient (Wildman–Crippen LogP) is 3.12. The fourth-order valence-electron chi connectivity index (χ4n) is 2.32. The summed E-state index contributed by atoms with van der Waals surface area (Å²) in [7, 11) is 0. The zero-order chi connectivity index (χ0) is 19.9. The maximum Gasteiger partial charge on any atom is 0.306 e. The number of ether oxygens (including phenoxy) is 1. The largest absolute Gasteiger partial charge is 0.457 e. The maximum absolute atomic E-state index is 12.1. The standard InChI is InChI=1S/C19H17N3O5S/c1-12(23)20-14-6-4-13(5-7-14)15(24)11-26-18(25)9-8-17-21-19(22-27-17)16-3-2-10-28-16/h2-7,10H,8-9,11H2,1H3,(H,20,23). The Morgan fingerprint density at radius 1 is 1.18 bits per heavy atom. The molecule has 1 N–H and O–H groups in total. The molecule has 0 atom stereocenters. The molecule has 0 fully saturated rings. The second-order valence-corrected chi connectivity index (χ2v) is 6.78. The van der Waals surface area contributed by atoms with Crippen molar-refractivity contribution in [3.05, 3.63) is 53.2 Å². The van der Waals surface area contributed by atoms with Gasteiger partial charge in [-0.15, -0.1) is 11.3 Å². The number of rotatable bonds is 8. The molecular formula is C19H17N3O5S. The Balaban J connectivity index is 1.44. The number of ketones is 1. The second-order valence-electron chi connectivity index (χ2n) is 5.83. The number of carbonyl (C=O) groups is 3. The molecule has 0 aliphatic carbocycles. The molecule has 1 aromatic carbocycles. The number of aromatic nitrogens is 2. The Morgan fingerprint density at radius 2 is 1.96 bits per heavy atom. The van der Waals surface area contributed by atoms with Crippen molar-refractivity contribution in [2.24, 2.45) is 0 Å². The van der Waals surface area contributed by atoms with E-state index in [0.717, 1.165) is 4.88 Å². The van der Waals surface area contributed by atoms with Gasteiger partial charge in [-0.25, -0.2) is 0 Å². The van der Waals surface area contributed by atoms with Crippen molar-refractivity contribution in [3.63, 3.8) is 0 Å². The van der Waals surface area contributed by atoms with Crippen LogP contribution in [-0.4, -0.2) is 34.4 Å². The molecule has 3 rings (SSSR count). The minimum atomic E-state index is -0.529. The molecule has 28 heavy (non-hydrogen) atoms. The number of aryl methyl sites for hydroxylation is 1. The van der Waals surface area contributed by atoms with Gasteiger partial charge in [-0.3, -0.25) is 14.4 Å². The van der Waals surface area contributed by atoms with Gasteiger partial charge in [0.25, 0.3) is 0 Å². The topological polar surface area (TPSA) is 111 Å². The van der Waals surface area contributed by atoms with E-state index in [9.17, 15) is 14.4 Å². The molecule has 0 spiro atoms. The van der Waals surface area contributed by atoms with Crippen molar-refractivity contribution in [3.8, 4) is 10.7 Å². The summed E-state index contributed by atoms with van der Waals surface area (Å²) >= 11 is 1.49. The van der Waals surface area contributed by atoms with E-state index in [4.69, 9.17) is 9.26 Å². The lowest BCUT2D eigenvalue weighted by molar-refractivity contribution is -0.142. The van der Waals surface area contributed by atoms with Crippen LogP contribution in [0.3, 0.4) is 0 Å². The monoisotopic (exact) mass is 399 g/mol. The highest BCUT2D eigenvalue weighted by molar-refractivity contribution is 7.13. The third-order valence-corrected chi connectivity index (χ3v) is 4.51. The third kappa shape index (κ3) is 5.34. The summed E-state index contributed by atoms with van der Waals surface area (Å²) in [6.07, 6.45) is 0.262. The second kappa shape index (κ2) is 9.05. The van der Waals surface area contributed by atoms with Crippen LogP contribution >= 0.6 is 11.3 Å². The Labute approximate surface area is 164 Å². The van der Waals surface area contributed by atoms with E-state index in [1.165, 1.54) is 18.3 Å². The fourth-order valence-corrected chi connectivity index (χ4v) is 2.96. The average Bonchev–Trinajstić information content (AvgIpc) is 3.36. The normalized spacial score (nSPS) is 10.5. The van der Waals surface area contributed by atoms with Gasteiger partial charge in [0, 0.05) is 24.6 Å². The van der Waals surface area contributed by atoms with E-state index >= 15 is 0 Å². The molecule has 0 saturated carbocycles. The highest BCUT2D eigenvalue weighted by Gasteiger charge is 2.14. The van der Waals surface area contributed by atoms with Crippen molar-refractivity contribution in [2.75, 3.05) is 11.9 Å². The molecule has 2 aromatic heterocycles. The van der Waals surface area contributed by atoms with E-state index in [0.29, 0.717) is 23.0 Å². The highest BCUT2D eigenvalue weighted by atomic mass is 32.1. The SMILES string of the molecule is CC(=O)Nc1ccc(C(=O)COC(=O)CCc2nc(-c3cccs3)no2)cc1. The molecule has 9 heteroatoms. The van der Waals surface area contributed by atoms with Crippen molar-refractivity contribution < 1.29 is 23.6 Å². The number of Topliss-reactive ketones (excluding diaryl/α,β-unsaturated/α-hetero) is 1. The van der Waals surface area contributed by atoms with Crippen molar-refractivity contribution in [1.82, 2.24) is 10.1 Å². The van der Waals surface area contributed by atoms with Gasteiger partial charge in [-0.1, -0.05) is 11.2 Å². The predicted molar refractivity (Wildman–Crippen MR) is 102 cm³/mol. The molecule has 1 amide bonds. The van der Waals surface area contributed by atoms with Crippen LogP contribution in [-0.2, 0) is 20.7 Å². The van der Waals surface area contributed by atoms with Gasteiger partial charge in [-0.2, -0.15) is 4.98 Å². The van der Waals surface area contributed by atoms with Crippen LogP contribution in [0, 0.1) is 0 Å². The van der Waals surface area contributed by atoms with Gasteiger partial charge >= 0.3 is 5.97 Å². The smallest absolute Gasteiger partial charge is 0.306 e. The zero-order valence-electron chi connectivity index (χ0n) is 15.0. The van der Waals surface area contributed by atoms with E-state index in [2.05, 4.69) is 15.5 Å². The van der Waals surface area contributed by atoms with Crippen LogP contribution in [0.5, 0.6) is 0 Å². The van der Waals surface area contributed by atoms with Crippen molar-refractivity contribution in [2.45, 2.75) is 19.8 Å². The van der Waals surface area contributed by atoms with Gasteiger partial charge in [0.15, 0.2) is 12.4 Å². The first kappa shape index (κ1) is 19.4. The number of esters is 1. The van der Waals surface area contributed by atoms with Gasteiger partial charge in [0.1, 0.15) is 0 Å². The van der Waals surface area contributed by atoms with Gasteiger partial charge < -0.3 is 14.6 Å². The zero-order valence-corrected chi connectivity index (χ0v) is 15.8. The van der Waals surface area contributed by atoms with Crippen molar-refractivity contribution in [1.29, 1.82) is 0 Å². The molecule has 144 valence electrons. The molecule has 0 aliphatic heterocycles. The number of nitrogens with one attached hydrogen (secondary N) is 1. The summed E-state index contributed by atoms with van der Waals surface area (Å²) in [4.78, 5) is 40.0. The summed E-state index contributed by atoms with van der Waals surface area (Å²) in [5.74, 6) is -0.243. The quantitative estimate of drug-likeness (QED) is 0.457. The Bertz CT molecular complexity index is 964. The minimum Gasteiger partial charge on any atom is -0.457 e. The van der Waals surface area contributed by atoms with E-state index < -0.39 is 5.97 Å². The first-order chi connectivity index (χ1) is 13.5. The fraction of sp³-hybridized carbons (Fsp3) is 0.211. The molecular weight excluding hydrogens is 382 g/mol. The van der Waals surface area contributed by atoms with Gasteiger partial charge in [-0.05, 0) is 35.7 Å². The first-order valence-electron chi connectivity index (χ1n) is 8.44. The van der Waals surface area contributed by atoms with E-state index in [1.807, 2.05) is 17.5 Å². The lowest BCUT2D eigenvalue weighted by Crippen LogP contribution is -2.14.